The van der Waals surface area contributed by atoms with Gasteiger partial charge in [0, 0.05) is 32.0 Å². The van der Waals surface area contributed by atoms with Crippen molar-refractivity contribution in [2.45, 2.75) is 19.2 Å². The van der Waals surface area contributed by atoms with E-state index in [0.717, 1.165) is 12.8 Å². The molecule has 0 amide bonds. The molecule has 0 saturated carbocycles. The van der Waals surface area contributed by atoms with Crippen LogP contribution in [0.1, 0.15) is 12.8 Å². The third-order valence-electron chi connectivity index (χ3n) is 2.17. The molecule has 0 saturated heterocycles. The van der Waals surface area contributed by atoms with E-state index in [9.17, 15) is 13.2 Å². The number of benzene rings is 1. The Hall–Kier alpha value is -1.43. The van der Waals surface area contributed by atoms with E-state index in [1.54, 1.807) is 13.2 Å². The lowest BCUT2D eigenvalue weighted by Crippen LogP contribution is -2.17. The molecule has 1 N–H and O–H groups in total. The van der Waals surface area contributed by atoms with Crippen LogP contribution in [0.2, 0.25) is 0 Å². The fourth-order valence-electron chi connectivity index (χ4n) is 1.41. The maximum Gasteiger partial charge on any atom is 0.573 e. The summed E-state index contributed by atoms with van der Waals surface area (Å²) in [5, 5.41) is 3.03. The molecule has 0 radical (unpaired) electrons. The summed E-state index contributed by atoms with van der Waals surface area (Å²) >= 11 is 0. The van der Waals surface area contributed by atoms with E-state index >= 15 is 0 Å². The van der Waals surface area contributed by atoms with E-state index in [1.165, 1.54) is 18.2 Å². The Bertz CT molecular complexity index is 355. The van der Waals surface area contributed by atoms with E-state index in [2.05, 4.69) is 10.1 Å². The van der Waals surface area contributed by atoms with Crippen molar-refractivity contribution in [3.05, 3.63) is 24.3 Å². The lowest BCUT2D eigenvalue weighted by molar-refractivity contribution is -0.274. The number of alkyl halides is 3. The summed E-state index contributed by atoms with van der Waals surface area (Å²) in [5.41, 5.74) is 0.606. The molecule has 0 unspecified atom stereocenters. The molecular formula is C12H16F3NO2. The first-order valence-electron chi connectivity index (χ1n) is 5.60. The van der Waals surface area contributed by atoms with Gasteiger partial charge >= 0.3 is 6.36 Å². The Kier molecular flexibility index (Phi) is 5.77. The topological polar surface area (TPSA) is 30.5 Å². The van der Waals surface area contributed by atoms with E-state index in [0.29, 0.717) is 18.8 Å². The van der Waals surface area contributed by atoms with Gasteiger partial charge in [-0.1, -0.05) is 6.07 Å². The highest BCUT2D eigenvalue weighted by molar-refractivity contribution is 5.48. The molecule has 0 spiro atoms. The number of nitrogens with one attached hydrogen (secondary N) is 1. The lowest BCUT2D eigenvalue weighted by Gasteiger charge is -2.11. The first kappa shape index (κ1) is 14.6. The maximum absolute atomic E-state index is 12.0. The van der Waals surface area contributed by atoms with Gasteiger partial charge in [-0.2, -0.15) is 0 Å². The molecule has 18 heavy (non-hydrogen) atoms. The molecule has 1 aromatic rings. The number of methoxy groups -OCH3 is 1. The monoisotopic (exact) mass is 263 g/mol. The second-order valence-corrected chi connectivity index (χ2v) is 3.70. The molecule has 0 aliphatic heterocycles. The van der Waals surface area contributed by atoms with Gasteiger partial charge in [-0.25, -0.2) is 0 Å². The number of hydrogen-bond acceptors (Lipinski definition) is 3. The predicted octanol–water partition coefficient (Wildman–Crippen LogP) is 3.42. The zero-order valence-electron chi connectivity index (χ0n) is 10.1. The van der Waals surface area contributed by atoms with Gasteiger partial charge in [0.1, 0.15) is 5.75 Å². The van der Waals surface area contributed by atoms with Gasteiger partial charge < -0.3 is 14.8 Å². The van der Waals surface area contributed by atoms with Gasteiger partial charge in [-0.3, -0.25) is 0 Å². The second-order valence-electron chi connectivity index (χ2n) is 3.70. The Morgan fingerprint density at radius 3 is 2.67 bits per heavy atom. The lowest BCUT2D eigenvalue weighted by atomic mass is 10.2. The minimum atomic E-state index is -4.66. The summed E-state index contributed by atoms with van der Waals surface area (Å²) in [4.78, 5) is 0. The molecule has 1 rings (SSSR count). The summed E-state index contributed by atoms with van der Waals surface area (Å²) in [7, 11) is 1.63. The van der Waals surface area contributed by atoms with Crippen molar-refractivity contribution in [2.75, 3.05) is 25.6 Å². The van der Waals surface area contributed by atoms with Crippen LogP contribution < -0.4 is 10.1 Å². The van der Waals surface area contributed by atoms with Crippen molar-refractivity contribution >= 4 is 5.69 Å². The average Bonchev–Trinajstić information content (AvgIpc) is 2.27. The van der Waals surface area contributed by atoms with Gasteiger partial charge in [-0.05, 0) is 25.0 Å². The first-order chi connectivity index (χ1) is 8.51. The van der Waals surface area contributed by atoms with Gasteiger partial charge in [0.2, 0.25) is 0 Å². The number of anilines is 1. The van der Waals surface area contributed by atoms with Crippen LogP contribution in [0.25, 0.3) is 0 Å². The Labute approximate surface area is 104 Å². The van der Waals surface area contributed by atoms with Crippen LogP contribution >= 0.6 is 0 Å². The molecule has 1 aromatic carbocycles. The molecular weight excluding hydrogens is 247 g/mol. The van der Waals surface area contributed by atoms with Crippen LogP contribution in [-0.2, 0) is 4.74 Å². The van der Waals surface area contributed by atoms with Crippen molar-refractivity contribution in [2.24, 2.45) is 0 Å². The van der Waals surface area contributed by atoms with Crippen LogP contribution in [-0.4, -0.2) is 26.6 Å². The van der Waals surface area contributed by atoms with E-state index in [-0.39, 0.29) is 5.75 Å². The van der Waals surface area contributed by atoms with Gasteiger partial charge in [0.15, 0.2) is 0 Å². The van der Waals surface area contributed by atoms with Crippen LogP contribution in [0, 0.1) is 0 Å². The molecule has 0 heterocycles. The second kappa shape index (κ2) is 7.10. The Morgan fingerprint density at radius 2 is 2.00 bits per heavy atom. The van der Waals surface area contributed by atoms with E-state index in [4.69, 9.17) is 4.74 Å². The zero-order chi connectivity index (χ0) is 13.4. The van der Waals surface area contributed by atoms with Crippen LogP contribution in [0.5, 0.6) is 5.75 Å². The minimum absolute atomic E-state index is 0.218. The van der Waals surface area contributed by atoms with Crippen molar-refractivity contribution in [1.82, 2.24) is 0 Å². The predicted molar refractivity (Wildman–Crippen MR) is 62.7 cm³/mol. The van der Waals surface area contributed by atoms with Crippen LogP contribution in [0.4, 0.5) is 18.9 Å². The summed E-state index contributed by atoms with van der Waals surface area (Å²) in [6.07, 6.45) is -2.86. The van der Waals surface area contributed by atoms with E-state index in [1.807, 2.05) is 0 Å². The fraction of sp³-hybridized carbons (Fsp3) is 0.500. The molecule has 6 heteroatoms. The minimum Gasteiger partial charge on any atom is -0.406 e. The summed E-state index contributed by atoms with van der Waals surface area (Å²) < 4.78 is 44.7. The number of rotatable bonds is 7. The molecule has 0 bridgehead atoms. The molecule has 102 valence electrons. The van der Waals surface area contributed by atoms with Crippen molar-refractivity contribution < 1.29 is 22.6 Å². The Balaban J connectivity index is 2.40. The molecule has 0 atom stereocenters. The first-order valence-corrected chi connectivity index (χ1v) is 5.60. The van der Waals surface area contributed by atoms with Crippen LogP contribution in [0.3, 0.4) is 0 Å². The maximum atomic E-state index is 12.0. The highest BCUT2D eigenvalue weighted by Gasteiger charge is 2.31. The average molecular weight is 263 g/mol. The van der Waals surface area contributed by atoms with Crippen molar-refractivity contribution in [3.8, 4) is 5.75 Å². The van der Waals surface area contributed by atoms with Crippen LogP contribution in [0.15, 0.2) is 24.3 Å². The molecule has 3 nitrogen and oxygen atoms in total. The molecule has 0 aliphatic rings. The third-order valence-corrected chi connectivity index (χ3v) is 2.17. The van der Waals surface area contributed by atoms with Gasteiger partial charge in [-0.15, -0.1) is 13.2 Å². The van der Waals surface area contributed by atoms with E-state index < -0.39 is 6.36 Å². The van der Waals surface area contributed by atoms with Crippen molar-refractivity contribution in [3.63, 3.8) is 0 Å². The standard InChI is InChI=1S/C12H16F3NO2/c1-17-8-3-2-7-16-10-5-4-6-11(9-10)18-12(13,14)15/h4-6,9,16H,2-3,7-8H2,1H3. The highest BCUT2D eigenvalue weighted by atomic mass is 19.4. The molecule has 0 aliphatic carbocycles. The Morgan fingerprint density at radius 1 is 1.22 bits per heavy atom. The number of ether oxygens (including phenoxy) is 2. The van der Waals surface area contributed by atoms with Gasteiger partial charge in [0.05, 0.1) is 0 Å². The summed E-state index contributed by atoms with van der Waals surface area (Å²) in [5.74, 6) is -0.218. The smallest absolute Gasteiger partial charge is 0.406 e. The van der Waals surface area contributed by atoms with Gasteiger partial charge in [0.25, 0.3) is 0 Å². The third kappa shape index (κ3) is 6.34. The normalized spacial score (nSPS) is 11.3. The summed E-state index contributed by atoms with van der Waals surface area (Å²) in [6.45, 7) is 1.36. The molecule has 0 aromatic heterocycles. The largest absolute Gasteiger partial charge is 0.573 e. The number of hydrogen-bond donors (Lipinski definition) is 1. The number of halogens is 3. The molecule has 0 fully saturated rings. The fourth-order valence-corrected chi connectivity index (χ4v) is 1.41. The van der Waals surface area contributed by atoms with Crippen molar-refractivity contribution in [1.29, 1.82) is 0 Å². The summed E-state index contributed by atoms with van der Waals surface area (Å²) in [6, 6.07) is 5.80. The highest BCUT2D eigenvalue weighted by Crippen LogP contribution is 2.24. The quantitative estimate of drug-likeness (QED) is 0.764. The number of unbranched alkanes of at least 4 members (excludes halogenated alkanes) is 1. The zero-order valence-corrected chi connectivity index (χ0v) is 10.1. The SMILES string of the molecule is COCCCCNc1cccc(OC(F)(F)F)c1.